The first-order valence-corrected chi connectivity index (χ1v) is 12.6. The third-order valence-electron chi connectivity index (χ3n) is 6.05. The molecule has 1 aliphatic carbocycles. The van der Waals surface area contributed by atoms with Crippen molar-refractivity contribution in [3.63, 3.8) is 0 Å². The summed E-state index contributed by atoms with van der Waals surface area (Å²) in [7, 11) is 5.89. The van der Waals surface area contributed by atoms with Crippen molar-refractivity contribution in [2.24, 2.45) is 0 Å². The molecule has 3 aromatic rings. The smallest absolute Gasteiger partial charge is 0.239 e. The summed E-state index contributed by atoms with van der Waals surface area (Å²) >= 11 is 1.51. The normalized spacial score (nSPS) is 14.7. The zero-order valence-electron chi connectivity index (χ0n) is 20.1. The predicted octanol–water partition coefficient (Wildman–Crippen LogP) is 3.62. The summed E-state index contributed by atoms with van der Waals surface area (Å²) in [6, 6.07) is 8.93. The van der Waals surface area contributed by atoms with Gasteiger partial charge >= 0.3 is 0 Å². The van der Waals surface area contributed by atoms with Crippen molar-refractivity contribution >= 4 is 33.2 Å². The fourth-order valence-corrected chi connectivity index (χ4v) is 4.99. The number of nitrogens with zero attached hydrogens (tertiary/aromatic N) is 5. The standard InChI is InChI=1S/C24H35N7OS/c1-17-10-12-18(13-11-17)21-22(26-19-8-6-5-7-9-19)31-23(27-21)33-24(28-31)30(4)16-20(32)25-14-15-29(2)3/h10-13,19,26H,5-9,14-16H2,1-4H3,(H,25,32). The number of carbonyl (C=O) groups excluding carboxylic acids is 1. The van der Waals surface area contributed by atoms with Gasteiger partial charge in [-0.1, -0.05) is 60.4 Å². The predicted molar refractivity (Wildman–Crippen MR) is 136 cm³/mol. The topological polar surface area (TPSA) is 77.8 Å². The van der Waals surface area contributed by atoms with Gasteiger partial charge in [0, 0.05) is 31.7 Å². The Balaban J connectivity index is 1.57. The number of fused-ring (bicyclic) bond motifs is 1. The van der Waals surface area contributed by atoms with Crippen LogP contribution in [-0.4, -0.2) is 72.2 Å². The highest BCUT2D eigenvalue weighted by molar-refractivity contribution is 7.20. The van der Waals surface area contributed by atoms with Gasteiger partial charge < -0.3 is 20.4 Å². The summed E-state index contributed by atoms with van der Waals surface area (Å²) in [5, 5.41) is 12.4. The van der Waals surface area contributed by atoms with Gasteiger partial charge in [0.15, 0.2) is 5.82 Å². The molecule has 8 nitrogen and oxygen atoms in total. The fourth-order valence-electron chi connectivity index (χ4n) is 4.13. The highest BCUT2D eigenvalue weighted by atomic mass is 32.1. The summed E-state index contributed by atoms with van der Waals surface area (Å²) in [6.45, 7) is 3.81. The van der Waals surface area contributed by atoms with Crippen molar-refractivity contribution in [3.8, 4) is 11.3 Å². The lowest BCUT2D eigenvalue weighted by Gasteiger charge is -2.23. The molecule has 0 aliphatic heterocycles. The van der Waals surface area contributed by atoms with Gasteiger partial charge in [0.2, 0.25) is 16.0 Å². The molecule has 2 aromatic heterocycles. The zero-order chi connectivity index (χ0) is 23.4. The van der Waals surface area contributed by atoms with Crippen LogP contribution in [0.25, 0.3) is 16.2 Å². The Kier molecular flexibility index (Phi) is 7.49. The largest absolute Gasteiger partial charge is 0.365 e. The first kappa shape index (κ1) is 23.5. The molecule has 0 unspecified atom stereocenters. The van der Waals surface area contributed by atoms with E-state index in [2.05, 4.69) is 41.8 Å². The molecule has 4 rings (SSSR count). The van der Waals surface area contributed by atoms with Crippen molar-refractivity contribution in [3.05, 3.63) is 29.8 Å². The van der Waals surface area contributed by atoms with Crippen LogP contribution in [0.15, 0.2) is 24.3 Å². The number of rotatable bonds is 9. The van der Waals surface area contributed by atoms with E-state index in [1.54, 1.807) is 0 Å². The van der Waals surface area contributed by atoms with Crippen LogP contribution in [0.2, 0.25) is 0 Å². The average molecular weight is 470 g/mol. The van der Waals surface area contributed by atoms with E-state index in [-0.39, 0.29) is 12.5 Å². The number of nitrogens with one attached hydrogen (secondary N) is 2. The van der Waals surface area contributed by atoms with Crippen LogP contribution in [0.4, 0.5) is 10.9 Å². The highest BCUT2D eigenvalue weighted by Gasteiger charge is 2.23. The molecular weight excluding hydrogens is 434 g/mol. The number of amides is 1. The van der Waals surface area contributed by atoms with Crippen LogP contribution in [-0.2, 0) is 4.79 Å². The van der Waals surface area contributed by atoms with Crippen LogP contribution in [0.5, 0.6) is 0 Å². The van der Waals surface area contributed by atoms with E-state index in [1.165, 1.54) is 49.0 Å². The zero-order valence-corrected chi connectivity index (χ0v) is 20.9. The van der Waals surface area contributed by atoms with Crippen molar-refractivity contribution in [2.45, 2.75) is 45.1 Å². The van der Waals surface area contributed by atoms with Gasteiger partial charge in [-0.15, -0.1) is 5.10 Å². The molecular formula is C24H35N7OS. The quantitative estimate of drug-likeness (QED) is 0.498. The van der Waals surface area contributed by atoms with E-state index in [9.17, 15) is 4.79 Å². The number of benzene rings is 1. The SMILES string of the molecule is Cc1ccc(-c2nc3sc(N(C)CC(=O)NCCN(C)C)nn3c2NC2CCCCC2)cc1. The Bertz CT molecular complexity index is 1070. The number of hydrogen-bond acceptors (Lipinski definition) is 7. The summed E-state index contributed by atoms with van der Waals surface area (Å²) in [5.74, 6) is 0.945. The first-order valence-electron chi connectivity index (χ1n) is 11.8. The fraction of sp³-hybridized carbons (Fsp3) is 0.542. The minimum Gasteiger partial charge on any atom is -0.365 e. The van der Waals surface area contributed by atoms with Crippen molar-refractivity contribution < 1.29 is 4.79 Å². The lowest BCUT2D eigenvalue weighted by Crippen LogP contribution is -2.38. The molecule has 0 bridgehead atoms. The minimum atomic E-state index is -0.00640. The van der Waals surface area contributed by atoms with E-state index in [4.69, 9.17) is 10.1 Å². The van der Waals surface area contributed by atoms with Gasteiger partial charge in [-0.2, -0.15) is 4.52 Å². The summed E-state index contributed by atoms with van der Waals surface area (Å²) in [6.07, 6.45) is 6.17. The van der Waals surface area contributed by atoms with Crippen LogP contribution in [0.1, 0.15) is 37.7 Å². The molecule has 1 fully saturated rings. The third-order valence-corrected chi connectivity index (χ3v) is 7.08. The molecule has 33 heavy (non-hydrogen) atoms. The summed E-state index contributed by atoms with van der Waals surface area (Å²) in [5.41, 5.74) is 3.26. The van der Waals surface area contributed by atoms with E-state index in [0.29, 0.717) is 12.6 Å². The van der Waals surface area contributed by atoms with Gasteiger partial charge in [-0.3, -0.25) is 4.79 Å². The van der Waals surface area contributed by atoms with Crippen molar-refractivity contribution in [1.82, 2.24) is 24.8 Å². The molecule has 2 heterocycles. The van der Waals surface area contributed by atoms with E-state index < -0.39 is 0 Å². The molecule has 2 N–H and O–H groups in total. The molecule has 0 spiro atoms. The lowest BCUT2D eigenvalue weighted by molar-refractivity contribution is -0.119. The first-order chi connectivity index (χ1) is 15.9. The average Bonchev–Trinajstić information content (AvgIpc) is 3.34. The second-order valence-corrected chi connectivity index (χ2v) is 10.2. The van der Waals surface area contributed by atoms with Gasteiger partial charge in [-0.05, 0) is 33.9 Å². The monoisotopic (exact) mass is 469 g/mol. The van der Waals surface area contributed by atoms with Crippen LogP contribution < -0.4 is 15.5 Å². The number of anilines is 2. The molecule has 0 atom stereocenters. The number of imidazole rings is 1. The van der Waals surface area contributed by atoms with E-state index in [0.717, 1.165) is 33.7 Å². The maximum atomic E-state index is 12.3. The maximum absolute atomic E-state index is 12.3. The Labute approximate surface area is 200 Å². The minimum absolute atomic E-state index is 0.00640. The van der Waals surface area contributed by atoms with Crippen LogP contribution in [0, 0.1) is 6.92 Å². The van der Waals surface area contributed by atoms with E-state index >= 15 is 0 Å². The molecule has 9 heteroatoms. The van der Waals surface area contributed by atoms with Crippen LogP contribution in [0.3, 0.4) is 0 Å². The molecule has 178 valence electrons. The summed E-state index contributed by atoms with van der Waals surface area (Å²) in [4.78, 5) is 22.1. The number of aromatic nitrogens is 3. The highest BCUT2D eigenvalue weighted by Crippen LogP contribution is 2.35. The molecule has 1 saturated carbocycles. The van der Waals surface area contributed by atoms with Crippen LogP contribution >= 0.6 is 11.3 Å². The second-order valence-electron chi connectivity index (χ2n) is 9.24. The Morgan fingerprint density at radius 3 is 2.58 bits per heavy atom. The number of likely N-dealkylation sites (N-methyl/N-ethyl adjacent to an activating group) is 2. The molecule has 0 saturated heterocycles. The molecule has 1 aliphatic rings. The van der Waals surface area contributed by atoms with Gasteiger partial charge in [0.1, 0.15) is 5.69 Å². The summed E-state index contributed by atoms with van der Waals surface area (Å²) < 4.78 is 1.92. The van der Waals surface area contributed by atoms with E-state index in [1.807, 2.05) is 35.5 Å². The Hall–Kier alpha value is -2.65. The Morgan fingerprint density at radius 1 is 1.15 bits per heavy atom. The lowest BCUT2D eigenvalue weighted by atomic mass is 9.95. The van der Waals surface area contributed by atoms with Gasteiger partial charge in [0.05, 0.1) is 6.54 Å². The Morgan fingerprint density at radius 2 is 1.88 bits per heavy atom. The molecule has 0 radical (unpaired) electrons. The van der Waals surface area contributed by atoms with Gasteiger partial charge in [0.25, 0.3) is 0 Å². The maximum Gasteiger partial charge on any atom is 0.239 e. The second kappa shape index (κ2) is 10.5. The molecule has 1 aromatic carbocycles. The van der Waals surface area contributed by atoms with Crippen molar-refractivity contribution in [2.75, 3.05) is 51.0 Å². The number of carbonyl (C=O) groups is 1. The number of aryl methyl sites for hydroxylation is 1. The third kappa shape index (κ3) is 5.83. The van der Waals surface area contributed by atoms with Crippen molar-refractivity contribution in [1.29, 1.82) is 0 Å². The number of hydrogen-bond donors (Lipinski definition) is 2. The van der Waals surface area contributed by atoms with Gasteiger partial charge in [-0.25, -0.2) is 4.98 Å². The molecule has 1 amide bonds.